The standard InChI is InChI=1S/C17H17N3/c1-11-6-8-12(9-7-11)16-13-4-2-3-5-15(13)20-17(19)14(16)10-18/h2-9H,10,18H2,1H3,(H2,19,20). The lowest BCUT2D eigenvalue weighted by molar-refractivity contribution is 1.07. The Hall–Kier alpha value is -2.39. The van der Waals surface area contributed by atoms with Crippen molar-refractivity contribution in [3.63, 3.8) is 0 Å². The highest BCUT2D eigenvalue weighted by molar-refractivity contribution is 5.98. The molecule has 0 fully saturated rings. The summed E-state index contributed by atoms with van der Waals surface area (Å²) in [6.07, 6.45) is 0. The molecule has 3 rings (SSSR count). The first-order valence-electron chi connectivity index (χ1n) is 6.65. The molecular formula is C17H17N3. The van der Waals surface area contributed by atoms with Crippen molar-refractivity contribution in [2.75, 3.05) is 5.73 Å². The van der Waals surface area contributed by atoms with Gasteiger partial charge in [-0.2, -0.15) is 0 Å². The smallest absolute Gasteiger partial charge is 0.129 e. The number of para-hydroxylation sites is 1. The molecule has 0 bridgehead atoms. The van der Waals surface area contributed by atoms with Gasteiger partial charge >= 0.3 is 0 Å². The number of nitrogen functional groups attached to an aromatic ring is 1. The highest BCUT2D eigenvalue weighted by Crippen LogP contribution is 2.33. The van der Waals surface area contributed by atoms with Crippen LogP contribution in [0.25, 0.3) is 22.0 Å². The first-order chi connectivity index (χ1) is 9.70. The van der Waals surface area contributed by atoms with Gasteiger partial charge in [0.1, 0.15) is 5.82 Å². The molecule has 2 aromatic carbocycles. The SMILES string of the molecule is Cc1ccc(-c2c(CN)c(N)nc3ccccc23)cc1. The fourth-order valence-corrected chi connectivity index (χ4v) is 2.53. The maximum Gasteiger partial charge on any atom is 0.129 e. The van der Waals surface area contributed by atoms with Crippen molar-refractivity contribution in [3.05, 3.63) is 59.7 Å². The van der Waals surface area contributed by atoms with Crippen LogP contribution in [0.3, 0.4) is 0 Å². The predicted octanol–water partition coefficient (Wildman–Crippen LogP) is 3.25. The third-order valence-electron chi connectivity index (χ3n) is 3.57. The molecule has 4 N–H and O–H groups in total. The highest BCUT2D eigenvalue weighted by Gasteiger charge is 2.13. The number of rotatable bonds is 2. The Morgan fingerprint density at radius 2 is 1.70 bits per heavy atom. The van der Waals surface area contributed by atoms with E-state index in [0.29, 0.717) is 12.4 Å². The summed E-state index contributed by atoms with van der Waals surface area (Å²) < 4.78 is 0. The molecule has 0 saturated heterocycles. The van der Waals surface area contributed by atoms with Gasteiger partial charge in [0.05, 0.1) is 5.52 Å². The number of benzene rings is 2. The van der Waals surface area contributed by atoms with Crippen LogP contribution >= 0.6 is 0 Å². The highest BCUT2D eigenvalue weighted by atomic mass is 14.8. The minimum atomic E-state index is 0.382. The second-order valence-electron chi connectivity index (χ2n) is 4.94. The van der Waals surface area contributed by atoms with Crippen molar-refractivity contribution >= 4 is 16.7 Å². The molecule has 0 spiro atoms. The molecule has 3 nitrogen and oxygen atoms in total. The molecule has 0 aliphatic carbocycles. The van der Waals surface area contributed by atoms with E-state index < -0.39 is 0 Å². The van der Waals surface area contributed by atoms with Crippen molar-refractivity contribution < 1.29 is 0 Å². The number of aryl methyl sites for hydroxylation is 1. The van der Waals surface area contributed by atoms with E-state index in [9.17, 15) is 0 Å². The van der Waals surface area contributed by atoms with Gasteiger partial charge in [-0.25, -0.2) is 4.98 Å². The summed E-state index contributed by atoms with van der Waals surface area (Å²) in [5, 5.41) is 1.09. The normalized spacial score (nSPS) is 10.9. The summed E-state index contributed by atoms with van der Waals surface area (Å²) in [7, 11) is 0. The van der Waals surface area contributed by atoms with Crippen LogP contribution in [-0.4, -0.2) is 4.98 Å². The monoisotopic (exact) mass is 263 g/mol. The number of nitrogens with zero attached hydrogens (tertiary/aromatic N) is 1. The van der Waals surface area contributed by atoms with Gasteiger partial charge in [0, 0.05) is 17.5 Å². The number of hydrogen-bond donors (Lipinski definition) is 2. The lowest BCUT2D eigenvalue weighted by Gasteiger charge is -2.14. The summed E-state index contributed by atoms with van der Waals surface area (Å²) in [5.74, 6) is 0.516. The van der Waals surface area contributed by atoms with E-state index in [1.807, 2.05) is 18.2 Å². The average Bonchev–Trinajstić information content (AvgIpc) is 2.47. The molecular weight excluding hydrogens is 246 g/mol. The zero-order chi connectivity index (χ0) is 14.1. The minimum absolute atomic E-state index is 0.382. The molecule has 0 aliphatic heterocycles. The van der Waals surface area contributed by atoms with Crippen LogP contribution < -0.4 is 11.5 Å². The summed E-state index contributed by atoms with van der Waals surface area (Å²) >= 11 is 0. The van der Waals surface area contributed by atoms with Crippen LogP contribution in [0.5, 0.6) is 0 Å². The maximum atomic E-state index is 6.07. The van der Waals surface area contributed by atoms with Crippen molar-refractivity contribution in [2.45, 2.75) is 13.5 Å². The molecule has 0 radical (unpaired) electrons. The van der Waals surface area contributed by atoms with E-state index in [-0.39, 0.29) is 0 Å². The van der Waals surface area contributed by atoms with Gasteiger partial charge in [0.25, 0.3) is 0 Å². The zero-order valence-corrected chi connectivity index (χ0v) is 11.4. The lowest BCUT2D eigenvalue weighted by atomic mass is 9.95. The lowest BCUT2D eigenvalue weighted by Crippen LogP contribution is -2.06. The Bertz CT molecular complexity index is 761. The fourth-order valence-electron chi connectivity index (χ4n) is 2.53. The molecule has 0 saturated carbocycles. The number of hydrogen-bond acceptors (Lipinski definition) is 3. The van der Waals surface area contributed by atoms with Crippen LogP contribution in [-0.2, 0) is 6.54 Å². The number of nitrogens with two attached hydrogens (primary N) is 2. The Morgan fingerprint density at radius 1 is 1.00 bits per heavy atom. The molecule has 100 valence electrons. The Morgan fingerprint density at radius 3 is 2.40 bits per heavy atom. The summed E-state index contributed by atoms with van der Waals surface area (Å²) in [4.78, 5) is 4.45. The Balaban J connectivity index is 2.39. The van der Waals surface area contributed by atoms with Crippen molar-refractivity contribution in [3.8, 4) is 11.1 Å². The molecule has 3 aromatic rings. The number of pyridine rings is 1. The van der Waals surface area contributed by atoms with E-state index in [1.165, 1.54) is 5.56 Å². The van der Waals surface area contributed by atoms with Gasteiger partial charge in [0.2, 0.25) is 0 Å². The fraction of sp³-hybridized carbons (Fsp3) is 0.118. The molecule has 0 atom stereocenters. The minimum Gasteiger partial charge on any atom is -0.383 e. The van der Waals surface area contributed by atoms with E-state index in [4.69, 9.17) is 11.5 Å². The van der Waals surface area contributed by atoms with Crippen LogP contribution in [0, 0.1) is 6.92 Å². The van der Waals surface area contributed by atoms with Crippen molar-refractivity contribution in [2.24, 2.45) is 5.73 Å². The van der Waals surface area contributed by atoms with E-state index in [2.05, 4.69) is 42.2 Å². The number of fused-ring (bicyclic) bond motifs is 1. The van der Waals surface area contributed by atoms with Crippen molar-refractivity contribution in [1.29, 1.82) is 0 Å². The maximum absolute atomic E-state index is 6.07. The molecule has 0 aliphatic rings. The average molecular weight is 263 g/mol. The second-order valence-corrected chi connectivity index (χ2v) is 4.94. The molecule has 1 heterocycles. The van der Waals surface area contributed by atoms with Crippen LogP contribution in [0.1, 0.15) is 11.1 Å². The van der Waals surface area contributed by atoms with E-state index >= 15 is 0 Å². The van der Waals surface area contributed by atoms with Crippen LogP contribution in [0.15, 0.2) is 48.5 Å². The van der Waals surface area contributed by atoms with Gasteiger partial charge in [0.15, 0.2) is 0 Å². The van der Waals surface area contributed by atoms with Gasteiger partial charge in [-0.1, -0.05) is 48.0 Å². The third-order valence-corrected chi connectivity index (χ3v) is 3.57. The van der Waals surface area contributed by atoms with Crippen LogP contribution in [0.4, 0.5) is 5.82 Å². The van der Waals surface area contributed by atoms with E-state index in [1.54, 1.807) is 0 Å². The van der Waals surface area contributed by atoms with Crippen LogP contribution in [0.2, 0.25) is 0 Å². The van der Waals surface area contributed by atoms with Gasteiger partial charge < -0.3 is 11.5 Å². The summed E-state index contributed by atoms with van der Waals surface area (Å²) in [6.45, 7) is 2.46. The third kappa shape index (κ3) is 2.02. The largest absolute Gasteiger partial charge is 0.383 e. The number of anilines is 1. The van der Waals surface area contributed by atoms with Gasteiger partial charge in [-0.05, 0) is 24.1 Å². The van der Waals surface area contributed by atoms with Gasteiger partial charge in [-0.3, -0.25) is 0 Å². The first-order valence-corrected chi connectivity index (χ1v) is 6.65. The van der Waals surface area contributed by atoms with E-state index in [0.717, 1.165) is 27.6 Å². The molecule has 0 amide bonds. The molecule has 3 heteroatoms. The quantitative estimate of drug-likeness (QED) is 0.746. The van der Waals surface area contributed by atoms with Crippen molar-refractivity contribution in [1.82, 2.24) is 4.98 Å². The molecule has 1 aromatic heterocycles. The Labute approximate surface area is 118 Å². The number of aromatic nitrogens is 1. The zero-order valence-electron chi connectivity index (χ0n) is 11.4. The van der Waals surface area contributed by atoms with Gasteiger partial charge in [-0.15, -0.1) is 0 Å². The molecule has 0 unspecified atom stereocenters. The first kappa shape index (κ1) is 12.6. The summed E-state index contributed by atoms with van der Waals surface area (Å²) in [6, 6.07) is 16.4. The molecule has 20 heavy (non-hydrogen) atoms. The Kier molecular flexibility index (Phi) is 3.12. The second kappa shape index (κ2) is 4.94. The summed E-state index contributed by atoms with van der Waals surface area (Å²) in [5.41, 5.74) is 17.2. The topological polar surface area (TPSA) is 64.9 Å². The predicted molar refractivity (Wildman–Crippen MR) is 84.2 cm³/mol.